The maximum atomic E-state index is 14.5. The van der Waals surface area contributed by atoms with Crippen LogP contribution in [0.5, 0.6) is 0 Å². The Morgan fingerprint density at radius 2 is 1.64 bits per heavy atom. The highest BCUT2D eigenvalue weighted by Crippen LogP contribution is 2.45. The number of rotatable bonds is 6. The Morgan fingerprint density at radius 3 is 2.21 bits per heavy atom. The first-order valence-electron chi connectivity index (χ1n) is 10.8. The van der Waals surface area contributed by atoms with E-state index < -0.39 is 23.9 Å². The summed E-state index contributed by atoms with van der Waals surface area (Å²) in [5.41, 5.74) is 4.14. The van der Waals surface area contributed by atoms with Crippen LogP contribution in [0.25, 0.3) is 11.1 Å². The molecule has 1 N–H and O–H groups in total. The smallest absolute Gasteiger partial charge is 0.411 e. The number of aliphatic carboxylic acids is 1. The van der Waals surface area contributed by atoms with Crippen molar-refractivity contribution in [1.82, 2.24) is 4.90 Å². The molecular weight excluding hydrogens is 445 g/mol. The summed E-state index contributed by atoms with van der Waals surface area (Å²) in [6.45, 7) is 0.0560. The van der Waals surface area contributed by atoms with Gasteiger partial charge in [-0.2, -0.15) is 0 Å². The molecule has 0 heterocycles. The number of nitrogens with zero attached hydrogens (tertiary/aromatic N) is 1. The summed E-state index contributed by atoms with van der Waals surface area (Å²) in [7, 11) is 0. The van der Waals surface area contributed by atoms with Crippen LogP contribution in [0.2, 0.25) is 5.02 Å². The lowest BCUT2D eigenvalue weighted by Crippen LogP contribution is -2.41. The first-order chi connectivity index (χ1) is 16.0. The third-order valence-electron chi connectivity index (χ3n) is 6.25. The average molecular weight is 466 g/mol. The molecule has 7 heteroatoms. The van der Waals surface area contributed by atoms with E-state index in [9.17, 15) is 19.1 Å². The van der Waals surface area contributed by atoms with Crippen LogP contribution in [0.3, 0.4) is 0 Å². The first-order valence-corrected chi connectivity index (χ1v) is 11.1. The van der Waals surface area contributed by atoms with Gasteiger partial charge in [0.25, 0.3) is 0 Å². The standard InChI is InChI=1S/C26H21ClFNO4/c27-15-9-12-23(28)21(13-15)24(25(30)31)29(16-10-11-16)26(32)33-14-22-19-7-3-1-5-17(19)18-6-2-4-8-20(18)22/h1-9,12-13,16,22,24H,10-11,14H2,(H,30,31). The van der Waals surface area contributed by atoms with Crippen molar-refractivity contribution in [1.29, 1.82) is 0 Å². The Morgan fingerprint density at radius 1 is 1.03 bits per heavy atom. The summed E-state index contributed by atoms with van der Waals surface area (Å²) in [5.74, 6) is -2.23. The number of benzene rings is 3. The Balaban J connectivity index is 1.42. The number of ether oxygens (including phenoxy) is 1. The second-order valence-electron chi connectivity index (χ2n) is 8.35. The highest BCUT2D eigenvalue weighted by atomic mass is 35.5. The molecule has 1 fully saturated rings. The minimum Gasteiger partial charge on any atom is -0.479 e. The monoisotopic (exact) mass is 465 g/mol. The molecule has 5 rings (SSSR count). The summed E-state index contributed by atoms with van der Waals surface area (Å²) >= 11 is 5.99. The van der Waals surface area contributed by atoms with Crippen molar-refractivity contribution in [3.05, 3.63) is 94.3 Å². The van der Waals surface area contributed by atoms with E-state index in [2.05, 4.69) is 0 Å². The third kappa shape index (κ3) is 3.95. The number of carboxylic acid groups (broad SMARTS) is 1. The van der Waals surface area contributed by atoms with Gasteiger partial charge in [-0.1, -0.05) is 60.1 Å². The minimum atomic E-state index is -1.52. The van der Waals surface area contributed by atoms with Crippen molar-refractivity contribution in [2.24, 2.45) is 0 Å². The quantitative estimate of drug-likeness (QED) is 0.483. The summed E-state index contributed by atoms with van der Waals surface area (Å²) in [6.07, 6.45) is 0.498. The first kappa shape index (κ1) is 21.5. The number of carbonyl (C=O) groups is 2. The lowest BCUT2D eigenvalue weighted by molar-refractivity contribution is -0.143. The normalized spacial score (nSPS) is 15.5. The van der Waals surface area contributed by atoms with E-state index in [1.807, 2.05) is 48.5 Å². The zero-order chi connectivity index (χ0) is 23.1. The van der Waals surface area contributed by atoms with Crippen LogP contribution >= 0.6 is 11.6 Å². The predicted molar refractivity (Wildman–Crippen MR) is 122 cm³/mol. The van der Waals surface area contributed by atoms with Gasteiger partial charge >= 0.3 is 12.1 Å². The van der Waals surface area contributed by atoms with E-state index >= 15 is 0 Å². The highest BCUT2D eigenvalue weighted by molar-refractivity contribution is 6.30. The SMILES string of the molecule is O=C(O)C(c1cc(Cl)ccc1F)N(C(=O)OCC1c2ccccc2-c2ccccc21)C1CC1. The fraction of sp³-hybridized carbons (Fsp3) is 0.231. The van der Waals surface area contributed by atoms with Crippen LogP contribution < -0.4 is 0 Å². The number of carboxylic acids is 1. The second-order valence-corrected chi connectivity index (χ2v) is 8.79. The zero-order valence-corrected chi connectivity index (χ0v) is 18.3. The van der Waals surface area contributed by atoms with E-state index in [1.165, 1.54) is 12.1 Å². The lowest BCUT2D eigenvalue weighted by Gasteiger charge is -2.29. The number of hydrogen-bond acceptors (Lipinski definition) is 3. The van der Waals surface area contributed by atoms with E-state index in [4.69, 9.17) is 16.3 Å². The van der Waals surface area contributed by atoms with Gasteiger partial charge in [0.2, 0.25) is 0 Å². The average Bonchev–Trinajstić information content (AvgIpc) is 3.59. The van der Waals surface area contributed by atoms with Crippen molar-refractivity contribution in [2.45, 2.75) is 30.8 Å². The van der Waals surface area contributed by atoms with Crippen LogP contribution in [0, 0.1) is 5.82 Å². The Labute approximate surface area is 195 Å². The van der Waals surface area contributed by atoms with Crippen LogP contribution in [0.4, 0.5) is 9.18 Å². The van der Waals surface area contributed by atoms with Crippen molar-refractivity contribution in [3.63, 3.8) is 0 Å². The number of halogens is 2. The molecule has 1 atom stereocenters. The lowest BCUT2D eigenvalue weighted by atomic mass is 9.98. The van der Waals surface area contributed by atoms with Gasteiger partial charge in [-0.3, -0.25) is 4.90 Å². The maximum absolute atomic E-state index is 14.5. The molecule has 33 heavy (non-hydrogen) atoms. The summed E-state index contributed by atoms with van der Waals surface area (Å²) in [4.78, 5) is 26.5. The van der Waals surface area contributed by atoms with Crippen LogP contribution in [-0.2, 0) is 9.53 Å². The van der Waals surface area contributed by atoms with Gasteiger partial charge < -0.3 is 9.84 Å². The summed E-state index contributed by atoms with van der Waals surface area (Å²) in [6, 6.07) is 17.8. The van der Waals surface area contributed by atoms with Crippen LogP contribution in [0.15, 0.2) is 66.7 Å². The van der Waals surface area contributed by atoms with Crippen LogP contribution in [0.1, 0.15) is 41.5 Å². The Bertz CT molecular complexity index is 1200. The molecule has 0 saturated heterocycles. The van der Waals surface area contributed by atoms with Crippen molar-refractivity contribution >= 4 is 23.7 Å². The highest BCUT2D eigenvalue weighted by Gasteiger charge is 2.44. The molecule has 0 radical (unpaired) electrons. The predicted octanol–water partition coefficient (Wildman–Crippen LogP) is 6.02. The van der Waals surface area contributed by atoms with Gasteiger partial charge in [-0.15, -0.1) is 0 Å². The molecule has 0 bridgehead atoms. The van der Waals surface area contributed by atoms with Crippen molar-refractivity contribution < 1.29 is 23.8 Å². The van der Waals surface area contributed by atoms with Crippen molar-refractivity contribution in [3.8, 4) is 11.1 Å². The molecule has 1 saturated carbocycles. The molecule has 0 aliphatic heterocycles. The molecule has 2 aliphatic carbocycles. The maximum Gasteiger partial charge on any atom is 0.411 e. The molecule has 2 aliphatic rings. The summed E-state index contributed by atoms with van der Waals surface area (Å²) < 4.78 is 20.2. The van der Waals surface area contributed by atoms with Crippen molar-refractivity contribution in [2.75, 3.05) is 6.61 Å². The number of carbonyl (C=O) groups excluding carboxylic acids is 1. The number of fused-ring (bicyclic) bond motifs is 3. The molecular formula is C26H21ClFNO4. The van der Waals surface area contributed by atoms with Gasteiger partial charge in [0, 0.05) is 22.5 Å². The van der Waals surface area contributed by atoms with E-state index in [0.717, 1.165) is 33.2 Å². The third-order valence-corrected chi connectivity index (χ3v) is 6.49. The van der Waals surface area contributed by atoms with E-state index in [1.54, 1.807) is 0 Å². The molecule has 3 aromatic carbocycles. The topological polar surface area (TPSA) is 66.8 Å². The molecule has 3 aromatic rings. The fourth-order valence-electron chi connectivity index (χ4n) is 4.61. The van der Waals surface area contributed by atoms with Gasteiger partial charge in [0.05, 0.1) is 0 Å². The largest absolute Gasteiger partial charge is 0.479 e. The molecule has 1 amide bonds. The molecule has 168 valence electrons. The number of hydrogen-bond donors (Lipinski definition) is 1. The van der Waals surface area contributed by atoms with Gasteiger partial charge in [-0.05, 0) is 53.3 Å². The molecule has 0 spiro atoms. The molecule has 0 aromatic heterocycles. The summed E-state index contributed by atoms with van der Waals surface area (Å²) in [5, 5.41) is 10.1. The molecule has 5 nitrogen and oxygen atoms in total. The minimum absolute atomic E-state index is 0.0560. The van der Waals surface area contributed by atoms with E-state index in [0.29, 0.717) is 12.8 Å². The van der Waals surface area contributed by atoms with Gasteiger partial charge in [0.1, 0.15) is 12.4 Å². The zero-order valence-electron chi connectivity index (χ0n) is 17.6. The molecule has 1 unspecified atom stereocenters. The Kier molecular flexibility index (Phi) is 5.54. The van der Waals surface area contributed by atoms with Gasteiger partial charge in [-0.25, -0.2) is 14.0 Å². The van der Waals surface area contributed by atoms with Gasteiger partial charge in [0.15, 0.2) is 6.04 Å². The van der Waals surface area contributed by atoms with Crippen LogP contribution in [-0.4, -0.2) is 34.7 Å². The number of amides is 1. The second kappa shape index (κ2) is 8.52. The van der Waals surface area contributed by atoms with E-state index in [-0.39, 0.29) is 29.2 Å². The Hall–Kier alpha value is -3.38. The fourth-order valence-corrected chi connectivity index (χ4v) is 4.79.